The number of aromatic hydroxyl groups is 1. The normalized spacial score (nSPS) is 10.2. The Morgan fingerprint density at radius 1 is 1.21 bits per heavy atom. The van der Waals surface area contributed by atoms with Gasteiger partial charge in [0.25, 0.3) is 0 Å². The van der Waals surface area contributed by atoms with Gasteiger partial charge in [-0.25, -0.2) is 4.79 Å². The minimum absolute atomic E-state index is 0.127. The van der Waals surface area contributed by atoms with E-state index in [-0.39, 0.29) is 12.4 Å². The van der Waals surface area contributed by atoms with Gasteiger partial charge < -0.3 is 15.6 Å². The molecule has 2 aromatic rings. The number of halogens is 1. The molecule has 0 radical (unpaired) electrons. The van der Waals surface area contributed by atoms with Gasteiger partial charge in [-0.3, -0.25) is 0 Å². The maximum absolute atomic E-state index is 11.8. The molecule has 0 bridgehead atoms. The topological polar surface area (TPSA) is 72.6 Å². The van der Waals surface area contributed by atoms with Crippen LogP contribution < -0.4 is 5.73 Å². The molecule has 0 aliphatic carbocycles. The van der Waals surface area contributed by atoms with Crippen molar-refractivity contribution in [3.63, 3.8) is 0 Å². The van der Waals surface area contributed by atoms with E-state index in [1.54, 1.807) is 24.3 Å². The Bertz CT molecular complexity index is 596. The van der Waals surface area contributed by atoms with Crippen molar-refractivity contribution >= 4 is 23.3 Å². The van der Waals surface area contributed by atoms with Crippen molar-refractivity contribution in [3.05, 3.63) is 58.6 Å². The molecule has 4 nitrogen and oxygen atoms in total. The summed E-state index contributed by atoms with van der Waals surface area (Å²) in [7, 11) is 0. The Kier molecular flexibility index (Phi) is 3.92. The van der Waals surface area contributed by atoms with E-state index in [2.05, 4.69) is 0 Å². The molecule has 0 unspecified atom stereocenters. The number of phenolic OH excluding ortho intramolecular Hbond substituents is 1. The summed E-state index contributed by atoms with van der Waals surface area (Å²) in [5.41, 5.74) is 7.08. The molecule has 0 fully saturated rings. The van der Waals surface area contributed by atoms with Gasteiger partial charge in [-0.1, -0.05) is 23.7 Å². The number of esters is 1. The molecule has 0 spiro atoms. The number of carbonyl (C=O) groups excluding carboxylic acids is 1. The van der Waals surface area contributed by atoms with E-state index in [0.717, 1.165) is 5.56 Å². The van der Waals surface area contributed by atoms with Crippen LogP contribution in [0.5, 0.6) is 5.75 Å². The monoisotopic (exact) mass is 277 g/mol. The predicted octanol–water partition coefficient (Wildman–Crippen LogP) is 2.98. The Balaban J connectivity index is 2.01. The second-order valence-electron chi connectivity index (χ2n) is 3.98. The van der Waals surface area contributed by atoms with E-state index in [1.807, 2.05) is 0 Å². The number of carbonyl (C=O) groups is 1. The third-order valence-electron chi connectivity index (χ3n) is 2.54. The number of hydrogen-bond donors (Lipinski definition) is 2. The average molecular weight is 278 g/mol. The third-order valence-corrected chi connectivity index (χ3v) is 2.88. The number of benzene rings is 2. The predicted molar refractivity (Wildman–Crippen MR) is 73.1 cm³/mol. The Labute approximate surface area is 115 Å². The molecule has 98 valence electrons. The second-order valence-corrected chi connectivity index (χ2v) is 4.39. The summed E-state index contributed by atoms with van der Waals surface area (Å²) in [5, 5.41) is 9.53. The van der Waals surface area contributed by atoms with Crippen molar-refractivity contribution in [2.45, 2.75) is 6.61 Å². The van der Waals surface area contributed by atoms with E-state index in [4.69, 9.17) is 27.2 Å². The first-order valence-corrected chi connectivity index (χ1v) is 5.94. The van der Waals surface area contributed by atoms with Crippen LogP contribution in [0.1, 0.15) is 15.9 Å². The number of phenols is 1. The van der Waals surface area contributed by atoms with Crippen molar-refractivity contribution in [2.75, 3.05) is 5.73 Å². The van der Waals surface area contributed by atoms with Gasteiger partial charge in [0, 0.05) is 0 Å². The van der Waals surface area contributed by atoms with E-state index in [9.17, 15) is 4.79 Å². The average Bonchev–Trinajstić information content (AvgIpc) is 2.41. The fraction of sp³-hybridized carbons (Fsp3) is 0.0714. The number of nitrogen functional groups attached to an aromatic ring is 1. The Morgan fingerprint density at radius 2 is 1.89 bits per heavy atom. The minimum atomic E-state index is -0.476. The molecule has 0 atom stereocenters. The highest BCUT2D eigenvalue weighted by molar-refractivity contribution is 6.33. The largest absolute Gasteiger partial charge is 0.508 e. The third kappa shape index (κ3) is 3.39. The van der Waals surface area contributed by atoms with Crippen LogP contribution in [0.15, 0.2) is 42.5 Å². The fourth-order valence-corrected chi connectivity index (χ4v) is 1.61. The lowest BCUT2D eigenvalue weighted by Gasteiger charge is -2.06. The smallest absolute Gasteiger partial charge is 0.338 e. The zero-order valence-corrected chi connectivity index (χ0v) is 10.7. The number of hydrogen-bond acceptors (Lipinski definition) is 4. The molecule has 0 aliphatic heterocycles. The number of nitrogens with two attached hydrogens (primary N) is 1. The summed E-state index contributed by atoms with van der Waals surface area (Å²) in [6.45, 7) is 0.127. The van der Waals surface area contributed by atoms with Crippen molar-refractivity contribution in [2.24, 2.45) is 0 Å². The van der Waals surface area contributed by atoms with Crippen LogP contribution in [0.25, 0.3) is 0 Å². The molecule has 0 aromatic heterocycles. The lowest BCUT2D eigenvalue weighted by molar-refractivity contribution is 0.0473. The molecule has 5 heteroatoms. The SMILES string of the molecule is Nc1cc(C(=O)OCc2ccc(O)cc2)ccc1Cl. The lowest BCUT2D eigenvalue weighted by atomic mass is 10.2. The molecule has 0 saturated heterocycles. The molecule has 2 aromatic carbocycles. The van der Waals surface area contributed by atoms with Gasteiger partial charge in [-0.2, -0.15) is 0 Å². The first-order valence-electron chi connectivity index (χ1n) is 5.56. The van der Waals surface area contributed by atoms with Crippen molar-refractivity contribution in [3.8, 4) is 5.75 Å². The van der Waals surface area contributed by atoms with Crippen LogP contribution in [0, 0.1) is 0 Å². The fourth-order valence-electron chi connectivity index (χ4n) is 1.50. The van der Waals surface area contributed by atoms with Crippen LogP contribution >= 0.6 is 11.6 Å². The molecular weight excluding hydrogens is 266 g/mol. The quantitative estimate of drug-likeness (QED) is 0.668. The summed E-state index contributed by atoms with van der Waals surface area (Å²) >= 11 is 5.77. The molecule has 0 aliphatic rings. The summed E-state index contributed by atoms with van der Waals surface area (Å²) in [6, 6.07) is 11.0. The summed E-state index contributed by atoms with van der Waals surface area (Å²) in [6.07, 6.45) is 0. The molecule has 0 amide bonds. The summed E-state index contributed by atoms with van der Waals surface area (Å²) < 4.78 is 5.13. The van der Waals surface area contributed by atoms with Crippen molar-refractivity contribution in [1.82, 2.24) is 0 Å². The van der Waals surface area contributed by atoms with E-state index in [0.29, 0.717) is 16.3 Å². The molecule has 2 rings (SSSR count). The lowest BCUT2D eigenvalue weighted by Crippen LogP contribution is -2.05. The van der Waals surface area contributed by atoms with Gasteiger partial charge >= 0.3 is 5.97 Å². The van der Waals surface area contributed by atoms with Crippen LogP contribution in [0.3, 0.4) is 0 Å². The van der Waals surface area contributed by atoms with Crippen LogP contribution in [0.2, 0.25) is 5.02 Å². The molecule has 19 heavy (non-hydrogen) atoms. The molecule has 0 heterocycles. The standard InChI is InChI=1S/C14H12ClNO3/c15-12-6-3-10(7-13(12)16)14(18)19-8-9-1-4-11(17)5-2-9/h1-7,17H,8,16H2. The number of anilines is 1. The van der Waals surface area contributed by atoms with Crippen molar-refractivity contribution in [1.29, 1.82) is 0 Å². The van der Waals surface area contributed by atoms with Gasteiger partial charge in [0.1, 0.15) is 12.4 Å². The van der Waals surface area contributed by atoms with Crippen LogP contribution in [-0.4, -0.2) is 11.1 Å². The summed E-state index contributed by atoms with van der Waals surface area (Å²) in [4.78, 5) is 11.8. The van der Waals surface area contributed by atoms with Crippen LogP contribution in [0.4, 0.5) is 5.69 Å². The van der Waals surface area contributed by atoms with Gasteiger partial charge in [-0.15, -0.1) is 0 Å². The van der Waals surface area contributed by atoms with Crippen molar-refractivity contribution < 1.29 is 14.6 Å². The Hall–Kier alpha value is -2.20. The van der Waals surface area contributed by atoms with Gasteiger partial charge in [-0.05, 0) is 35.9 Å². The zero-order chi connectivity index (χ0) is 13.8. The highest BCUT2D eigenvalue weighted by atomic mass is 35.5. The Morgan fingerprint density at radius 3 is 2.53 bits per heavy atom. The maximum Gasteiger partial charge on any atom is 0.338 e. The maximum atomic E-state index is 11.8. The van der Waals surface area contributed by atoms with E-state index >= 15 is 0 Å². The van der Waals surface area contributed by atoms with E-state index < -0.39 is 5.97 Å². The first-order chi connectivity index (χ1) is 9.06. The van der Waals surface area contributed by atoms with Crippen LogP contribution in [-0.2, 0) is 11.3 Å². The van der Waals surface area contributed by atoms with E-state index in [1.165, 1.54) is 18.2 Å². The number of rotatable bonds is 3. The van der Waals surface area contributed by atoms with Gasteiger partial charge in [0.05, 0.1) is 16.3 Å². The van der Waals surface area contributed by atoms with Gasteiger partial charge in [0.2, 0.25) is 0 Å². The molecule has 0 saturated carbocycles. The highest BCUT2D eigenvalue weighted by Gasteiger charge is 2.09. The molecule has 3 N–H and O–H groups in total. The minimum Gasteiger partial charge on any atom is -0.508 e. The first kappa shape index (κ1) is 13.2. The zero-order valence-electron chi connectivity index (χ0n) is 9.97. The van der Waals surface area contributed by atoms with Gasteiger partial charge in [0.15, 0.2) is 0 Å². The number of ether oxygens (including phenoxy) is 1. The highest BCUT2D eigenvalue weighted by Crippen LogP contribution is 2.20. The summed E-state index contributed by atoms with van der Waals surface area (Å²) in [5.74, 6) is -0.308. The molecular formula is C14H12ClNO3. The second kappa shape index (κ2) is 5.63.